The van der Waals surface area contributed by atoms with Gasteiger partial charge in [0.1, 0.15) is 0 Å². The summed E-state index contributed by atoms with van der Waals surface area (Å²) >= 11 is 0. The van der Waals surface area contributed by atoms with Gasteiger partial charge in [0.25, 0.3) is 0 Å². The zero-order valence-electron chi connectivity index (χ0n) is 5.40. The minimum Gasteiger partial charge on any atom is -0.383 e. The Bertz CT molecular complexity index is 39.1. The van der Waals surface area contributed by atoms with E-state index in [2.05, 4.69) is 13.5 Å². The molecule has 0 aromatic heterocycles. The van der Waals surface area contributed by atoms with Gasteiger partial charge in [-0.1, -0.05) is 6.55 Å². The predicted octanol–water partition coefficient (Wildman–Crippen LogP) is 0.586. The molecule has 0 aliphatic carbocycles. The monoisotopic (exact) mass is 118 g/mol. The Morgan fingerprint density at radius 3 is 2.43 bits per heavy atom. The molecule has 0 saturated heterocycles. The van der Waals surface area contributed by atoms with Crippen molar-refractivity contribution < 1.29 is 4.74 Å². The van der Waals surface area contributed by atoms with Gasteiger partial charge in [0.05, 0.1) is 9.52 Å². The van der Waals surface area contributed by atoms with E-state index in [1.54, 1.807) is 0 Å². The van der Waals surface area contributed by atoms with Gasteiger partial charge < -0.3 is 4.74 Å². The lowest BCUT2D eigenvalue weighted by Crippen LogP contribution is -2.13. The number of hydrogen-bond donors (Lipinski definition) is 0. The van der Waals surface area contributed by atoms with Crippen LogP contribution in [0.4, 0.5) is 0 Å². The van der Waals surface area contributed by atoms with E-state index in [4.69, 9.17) is 4.74 Å². The molecule has 0 heterocycles. The van der Waals surface area contributed by atoms with Crippen LogP contribution in [0.3, 0.4) is 0 Å². The molecule has 0 aliphatic rings. The molecule has 0 fully saturated rings. The van der Waals surface area contributed by atoms with E-state index in [9.17, 15) is 0 Å². The van der Waals surface area contributed by atoms with Gasteiger partial charge in [-0.3, -0.25) is 0 Å². The smallest absolute Gasteiger partial charge is 0.0521 e. The average molecular weight is 118 g/mol. The highest BCUT2D eigenvalue weighted by atomic mass is 28.2. The van der Waals surface area contributed by atoms with Gasteiger partial charge in [-0.2, -0.15) is 0 Å². The number of hydrogen-bond acceptors (Lipinski definition) is 1. The summed E-state index contributed by atoms with van der Waals surface area (Å²) in [7, 11) is 0.105. The zero-order valence-corrected chi connectivity index (χ0v) is 6.81. The van der Waals surface area contributed by atoms with Crippen LogP contribution in [0.15, 0.2) is 0 Å². The molecule has 0 rings (SSSR count). The standard InChI is InChI=1S/C5H14OSi/c1-4-6-5(2)7-3/h5H,4,7H2,1-3H3. The van der Waals surface area contributed by atoms with Crippen molar-refractivity contribution in [2.75, 3.05) is 6.61 Å². The lowest BCUT2D eigenvalue weighted by atomic mass is 10.8. The molecule has 7 heavy (non-hydrogen) atoms. The van der Waals surface area contributed by atoms with Crippen molar-refractivity contribution in [3.8, 4) is 0 Å². The van der Waals surface area contributed by atoms with Crippen LogP contribution >= 0.6 is 0 Å². The molecule has 44 valence electrons. The molecule has 2 heteroatoms. The first-order valence-corrected chi connectivity index (χ1v) is 5.15. The summed E-state index contributed by atoms with van der Waals surface area (Å²) in [6.07, 6.45) is 0. The largest absolute Gasteiger partial charge is 0.383 e. The highest BCUT2D eigenvalue weighted by Crippen LogP contribution is 1.84. The molecule has 0 aromatic rings. The van der Waals surface area contributed by atoms with Crippen molar-refractivity contribution in [3.63, 3.8) is 0 Å². The third kappa shape index (κ3) is 4.02. The van der Waals surface area contributed by atoms with Crippen LogP contribution in [-0.2, 0) is 4.74 Å². The van der Waals surface area contributed by atoms with Crippen molar-refractivity contribution in [1.29, 1.82) is 0 Å². The van der Waals surface area contributed by atoms with Crippen molar-refractivity contribution in [2.45, 2.75) is 26.1 Å². The SMILES string of the molecule is CCOC(C)[SiH2]C. The summed E-state index contributed by atoms with van der Waals surface area (Å²) in [5.74, 6) is 0. The fraction of sp³-hybridized carbons (Fsp3) is 1.00. The summed E-state index contributed by atoms with van der Waals surface area (Å²) < 4.78 is 5.25. The topological polar surface area (TPSA) is 9.23 Å². The lowest BCUT2D eigenvalue weighted by Gasteiger charge is -2.05. The van der Waals surface area contributed by atoms with E-state index >= 15 is 0 Å². The van der Waals surface area contributed by atoms with Crippen LogP contribution in [0, 0.1) is 0 Å². The van der Waals surface area contributed by atoms with E-state index in [1.165, 1.54) is 0 Å². The van der Waals surface area contributed by atoms with Crippen LogP contribution in [0.25, 0.3) is 0 Å². The number of rotatable bonds is 3. The fourth-order valence-electron chi connectivity index (χ4n) is 0.402. The maximum atomic E-state index is 5.25. The van der Waals surface area contributed by atoms with Crippen molar-refractivity contribution >= 4 is 9.52 Å². The van der Waals surface area contributed by atoms with Gasteiger partial charge in [-0.15, -0.1) is 0 Å². The quantitative estimate of drug-likeness (QED) is 0.493. The minimum atomic E-state index is 0.105. The third-order valence-corrected chi connectivity index (χ3v) is 2.41. The Balaban J connectivity index is 2.83. The van der Waals surface area contributed by atoms with Gasteiger partial charge in [0.2, 0.25) is 0 Å². The molecular weight excluding hydrogens is 104 g/mol. The van der Waals surface area contributed by atoms with Crippen LogP contribution in [0.2, 0.25) is 6.55 Å². The first-order valence-electron chi connectivity index (χ1n) is 2.92. The van der Waals surface area contributed by atoms with E-state index < -0.39 is 0 Å². The number of ether oxygens (including phenoxy) is 1. The maximum Gasteiger partial charge on any atom is 0.0521 e. The lowest BCUT2D eigenvalue weighted by molar-refractivity contribution is 0.129. The van der Waals surface area contributed by atoms with E-state index in [-0.39, 0.29) is 9.52 Å². The molecule has 0 saturated carbocycles. The van der Waals surface area contributed by atoms with Crippen molar-refractivity contribution in [2.24, 2.45) is 0 Å². The molecule has 0 spiro atoms. The summed E-state index contributed by atoms with van der Waals surface area (Å²) in [6, 6.07) is 0. The van der Waals surface area contributed by atoms with E-state index in [0.717, 1.165) is 6.61 Å². The Kier molecular flexibility index (Phi) is 4.45. The zero-order chi connectivity index (χ0) is 5.70. The van der Waals surface area contributed by atoms with Crippen molar-refractivity contribution in [3.05, 3.63) is 0 Å². The van der Waals surface area contributed by atoms with Gasteiger partial charge in [-0.25, -0.2) is 0 Å². The first kappa shape index (κ1) is 7.18. The highest BCUT2D eigenvalue weighted by Gasteiger charge is 1.92. The Morgan fingerprint density at radius 1 is 1.71 bits per heavy atom. The Morgan fingerprint density at radius 2 is 2.29 bits per heavy atom. The van der Waals surface area contributed by atoms with Crippen LogP contribution in [0.1, 0.15) is 13.8 Å². The molecule has 1 atom stereocenters. The van der Waals surface area contributed by atoms with Gasteiger partial charge >= 0.3 is 0 Å². The Labute approximate surface area is 47.9 Å². The van der Waals surface area contributed by atoms with Crippen LogP contribution in [0.5, 0.6) is 0 Å². The summed E-state index contributed by atoms with van der Waals surface area (Å²) in [4.78, 5) is 0. The normalized spacial score (nSPS) is 15.9. The second kappa shape index (κ2) is 4.34. The molecule has 0 N–H and O–H groups in total. The summed E-state index contributed by atoms with van der Waals surface area (Å²) in [5, 5.41) is 0. The predicted molar refractivity (Wildman–Crippen MR) is 35.5 cm³/mol. The van der Waals surface area contributed by atoms with E-state index in [1.807, 2.05) is 6.92 Å². The first-order chi connectivity index (χ1) is 3.31. The van der Waals surface area contributed by atoms with E-state index in [0.29, 0.717) is 5.73 Å². The summed E-state index contributed by atoms with van der Waals surface area (Å²) in [6.45, 7) is 7.33. The second-order valence-electron chi connectivity index (χ2n) is 1.67. The van der Waals surface area contributed by atoms with Crippen molar-refractivity contribution in [1.82, 2.24) is 0 Å². The van der Waals surface area contributed by atoms with Crippen LogP contribution in [-0.4, -0.2) is 21.9 Å². The minimum absolute atomic E-state index is 0.105. The van der Waals surface area contributed by atoms with Gasteiger partial charge in [-0.05, 0) is 13.8 Å². The molecular formula is C5H14OSi. The molecule has 0 aliphatic heterocycles. The van der Waals surface area contributed by atoms with Gasteiger partial charge in [0.15, 0.2) is 0 Å². The summed E-state index contributed by atoms with van der Waals surface area (Å²) in [5.41, 5.74) is 0.588. The third-order valence-electron chi connectivity index (χ3n) is 1.03. The molecule has 0 amide bonds. The average Bonchev–Trinajstić information content (AvgIpc) is 1.68. The molecule has 0 aromatic carbocycles. The van der Waals surface area contributed by atoms with Crippen LogP contribution < -0.4 is 0 Å². The molecule has 1 unspecified atom stereocenters. The highest BCUT2D eigenvalue weighted by molar-refractivity contribution is 6.35. The molecule has 0 bridgehead atoms. The maximum absolute atomic E-state index is 5.25. The Hall–Kier alpha value is 0.177. The fourth-order valence-corrected chi connectivity index (χ4v) is 0.874. The second-order valence-corrected chi connectivity index (χ2v) is 3.64. The molecule has 1 nitrogen and oxygen atoms in total. The van der Waals surface area contributed by atoms with Gasteiger partial charge in [0, 0.05) is 12.3 Å². The molecule has 0 radical (unpaired) electrons.